The van der Waals surface area contributed by atoms with Crippen molar-refractivity contribution in [1.82, 2.24) is 0 Å². The van der Waals surface area contributed by atoms with E-state index in [2.05, 4.69) is 30.0 Å². The number of aryl methyl sites for hydroxylation is 1. The van der Waals surface area contributed by atoms with Crippen molar-refractivity contribution in [2.45, 2.75) is 13.3 Å². The maximum absolute atomic E-state index is 5.33. The minimum absolute atomic E-state index is 0.847. The Balaban J connectivity index is 2.13. The van der Waals surface area contributed by atoms with Crippen LogP contribution in [0.25, 0.3) is 0 Å². The van der Waals surface area contributed by atoms with Crippen LogP contribution < -0.4 is 4.90 Å². The Bertz CT molecular complexity index is 292. The molecule has 1 aliphatic rings. The highest BCUT2D eigenvalue weighted by molar-refractivity contribution is 5.48. The van der Waals surface area contributed by atoms with Crippen LogP contribution in [-0.2, 0) is 11.2 Å². The van der Waals surface area contributed by atoms with Crippen molar-refractivity contribution in [1.29, 1.82) is 0 Å². The van der Waals surface area contributed by atoms with Gasteiger partial charge in [0, 0.05) is 18.8 Å². The molecule has 1 heterocycles. The largest absolute Gasteiger partial charge is 0.378 e. The molecule has 0 atom stereocenters. The Labute approximate surface area is 85.5 Å². The fourth-order valence-electron chi connectivity index (χ4n) is 1.72. The lowest BCUT2D eigenvalue weighted by Crippen LogP contribution is -2.36. The molecule has 75 valence electrons. The van der Waals surface area contributed by atoms with Crippen LogP contribution in [0.5, 0.6) is 0 Å². The Kier molecular flexibility index (Phi) is 3.04. The maximum atomic E-state index is 5.33. The van der Waals surface area contributed by atoms with E-state index in [9.17, 15) is 0 Å². The Morgan fingerprint density at radius 3 is 2.93 bits per heavy atom. The molecule has 2 rings (SSSR count). The van der Waals surface area contributed by atoms with Crippen LogP contribution in [0.15, 0.2) is 18.2 Å². The van der Waals surface area contributed by atoms with Crippen LogP contribution in [0.4, 0.5) is 5.69 Å². The van der Waals surface area contributed by atoms with Gasteiger partial charge in [-0.2, -0.15) is 0 Å². The number of ether oxygens (including phenoxy) is 1. The van der Waals surface area contributed by atoms with Crippen molar-refractivity contribution in [3.63, 3.8) is 0 Å². The van der Waals surface area contributed by atoms with Gasteiger partial charge in [0.1, 0.15) is 0 Å². The number of hydrogen-bond donors (Lipinski definition) is 0. The van der Waals surface area contributed by atoms with Crippen LogP contribution in [0.2, 0.25) is 0 Å². The van der Waals surface area contributed by atoms with E-state index in [4.69, 9.17) is 4.74 Å². The smallest absolute Gasteiger partial charge is 0.0642 e. The maximum Gasteiger partial charge on any atom is 0.0642 e. The van der Waals surface area contributed by atoms with E-state index in [0.29, 0.717) is 0 Å². The number of anilines is 1. The SMILES string of the molecule is CCc1[c]ccc(N2CCOCC2)c1. The third-order valence-corrected chi connectivity index (χ3v) is 2.60. The molecule has 0 spiro atoms. The van der Waals surface area contributed by atoms with Gasteiger partial charge in [0.15, 0.2) is 0 Å². The molecule has 0 saturated carbocycles. The first-order valence-corrected chi connectivity index (χ1v) is 5.23. The number of hydrogen-bond acceptors (Lipinski definition) is 2. The first kappa shape index (κ1) is 9.53. The third kappa shape index (κ3) is 2.07. The zero-order valence-corrected chi connectivity index (χ0v) is 8.62. The molecule has 0 amide bonds. The van der Waals surface area contributed by atoms with Gasteiger partial charge in [-0.25, -0.2) is 0 Å². The lowest BCUT2D eigenvalue weighted by atomic mass is 10.1. The van der Waals surface area contributed by atoms with Gasteiger partial charge in [-0.1, -0.05) is 13.0 Å². The molecule has 0 N–H and O–H groups in total. The quantitative estimate of drug-likeness (QED) is 0.706. The summed E-state index contributed by atoms with van der Waals surface area (Å²) in [5.74, 6) is 0. The van der Waals surface area contributed by atoms with Crippen molar-refractivity contribution in [3.8, 4) is 0 Å². The minimum Gasteiger partial charge on any atom is -0.378 e. The van der Waals surface area contributed by atoms with Gasteiger partial charge in [0.05, 0.1) is 13.2 Å². The molecule has 1 radical (unpaired) electrons. The number of rotatable bonds is 2. The van der Waals surface area contributed by atoms with Gasteiger partial charge in [-0.3, -0.25) is 0 Å². The summed E-state index contributed by atoms with van der Waals surface area (Å²) in [7, 11) is 0. The van der Waals surface area contributed by atoms with Crippen LogP contribution in [0, 0.1) is 6.07 Å². The second-order valence-electron chi connectivity index (χ2n) is 3.53. The Hall–Kier alpha value is -1.02. The lowest BCUT2D eigenvalue weighted by molar-refractivity contribution is 0.122. The average molecular weight is 190 g/mol. The van der Waals surface area contributed by atoms with E-state index in [1.54, 1.807) is 0 Å². The highest BCUT2D eigenvalue weighted by atomic mass is 16.5. The molecule has 0 bridgehead atoms. The molecule has 1 aromatic carbocycles. The van der Waals surface area contributed by atoms with Crippen LogP contribution >= 0.6 is 0 Å². The fraction of sp³-hybridized carbons (Fsp3) is 0.500. The van der Waals surface area contributed by atoms with Gasteiger partial charge in [-0.15, -0.1) is 0 Å². The summed E-state index contributed by atoms with van der Waals surface area (Å²) < 4.78 is 5.33. The van der Waals surface area contributed by atoms with Crippen molar-refractivity contribution < 1.29 is 4.74 Å². The molecule has 2 heteroatoms. The van der Waals surface area contributed by atoms with E-state index in [1.165, 1.54) is 11.3 Å². The second-order valence-corrected chi connectivity index (χ2v) is 3.53. The van der Waals surface area contributed by atoms with Crippen LogP contribution in [-0.4, -0.2) is 26.3 Å². The van der Waals surface area contributed by atoms with Crippen molar-refractivity contribution in [3.05, 3.63) is 29.8 Å². The molecule has 1 aliphatic heterocycles. The number of nitrogens with zero attached hydrogens (tertiary/aromatic N) is 1. The molecule has 0 aliphatic carbocycles. The summed E-state index contributed by atoms with van der Waals surface area (Å²) in [5, 5.41) is 0. The Morgan fingerprint density at radius 2 is 2.21 bits per heavy atom. The van der Waals surface area contributed by atoms with Crippen molar-refractivity contribution >= 4 is 5.69 Å². The predicted octanol–water partition coefficient (Wildman–Crippen LogP) is 1.89. The molecule has 14 heavy (non-hydrogen) atoms. The summed E-state index contributed by atoms with van der Waals surface area (Å²) in [6, 6.07) is 9.61. The predicted molar refractivity (Wildman–Crippen MR) is 57.7 cm³/mol. The van der Waals surface area contributed by atoms with Crippen LogP contribution in [0.1, 0.15) is 12.5 Å². The van der Waals surface area contributed by atoms with E-state index < -0.39 is 0 Å². The van der Waals surface area contributed by atoms with Gasteiger partial charge in [0.25, 0.3) is 0 Å². The summed E-state index contributed by atoms with van der Waals surface area (Å²) in [6.45, 7) is 5.87. The third-order valence-electron chi connectivity index (χ3n) is 2.60. The summed E-state index contributed by atoms with van der Waals surface area (Å²) in [4.78, 5) is 2.37. The molecule has 1 aromatic rings. The monoisotopic (exact) mass is 190 g/mol. The first-order valence-electron chi connectivity index (χ1n) is 5.23. The lowest BCUT2D eigenvalue weighted by Gasteiger charge is -2.29. The van der Waals surface area contributed by atoms with Crippen molar-refractivity contribution in [2.75, 3.05) is 31.2 Å². The molecule has 1 saturated heterocycles. The van der Waals surface area contributed by atoms with E-state index >= 15 is 0 Å². The van der Waals surface area contributed by atoms with Gasteiger partial charge in [0.2, 0.25) is 0 Å². The van der Waals surface area contributed by atoms with Crippen LogP contribution in [0.3, 0.4) is 0 Å². The zero-order chi connectivity index (χ0) is 9.80. The molecule has 0 unspecified atom stereocenters. The molecular weight excluding hydrogens is 174 g/mol. The van der Waals surface area contributed by atoms with E-state index in [0.717, 1.165) is 32.7 Å². The number of morpholine rings is 1. The average Bonchev–Trinajstić information content (AvgIpc) is 2.30. The number of benzene rings is 1. The molecule has 1 fully saturated rings. The minimum atomic E-state index is 0.847. The van der Waals surface area contributed by atoms with Gasteiger partial charge < -0.3 is 9.64 Å². The molecule has 2 nitrogen and oxygen atoms in total. The highest BCUT2D eigenvalue weighted by Crippen LogP contribution is 2.17. The standard InChI is InChI=1S/C12H16NO/c1-2-11-4-3-5-12(10-11)13-6-8-14-9-7-13/h3,5,10H,2,6-9H2,1H3. The normalized spacial score (nSPS) is 17.1. The second kappa shape index (κ2) is 4.47. The van der Waals surface area contributed by atoms with E-state index in [1.807, 2.05) is 6.07 Å². The molecule has 0 aromatic heterocycles. The Morgan fingerprint density at radius 1 is 1.43 bits per heavy atom. The summed E-state index contributed by atoms with van der Waals surface area (Å²) in [5.41, 5.74) is 2.60. The first-order chi connectivity index (χ1) is 6.90. The van der Waals surface area contributed by atoms with Gasteiger partial charge >= 0.3 is 0 Å². The zero-order valence-electron chi connectivity index (χ0n) is 8.62. The summed E-state index contributed by atoms with van der Waals surface area (Å²) in [6.07, 6.45) is 1.05. The topological polar surface area (TPSA) is 12.5 Å². The van der Waals surface area contributed by atoms with Crippen molar-refractivity contribution in [2.24, 2.45) is 0 Å². The van der Waals surface area contributed by atoms with E-state index in [-0.39, 0.29) is 0 Å². The summed E-state index contributed by atoms with van der Waals surface area (Å²) >= 11 is 0. The fourth-order valence-corrected chi connectivity index (χ4v) is 1.72. The highest BCUT2D eigenvalue weighted by Gasteiger charge is 2.10. The molecular formula is C12H16NO. The van der Waals surface area contributed by atoms with Gasteiger partial charge in [-0.05, 0) is 30.2 Å².